The Kier molecular flexibility index (Phi) is 7.05. The quantitative estimate of drug-likeness (QED) is 0.742. The first-order valence-corrected chi connectivity index (χ1v) is 11.2. The summed E-state index contributed by atoms with van der Waals surface area (Å²) in [5, 5.41) is 3.02. The lowest BCUT2D eigenvalue weighted by Gasteiger charge is -2.32. The minimum Gasteiger partial charge on any atom is -0.348 e. The molecular weight excluding hydrogens is 362 g/mol. The molecule has 1 heterocycles. The van der Waals surface area contributed by atoms with Crippen molar-refractivity contribution in [2.75, 3.05) is 32.7 Å². The van der Waals surface area contributed by atoms with Gasteiger partial charge in [0.25, 0.3) is 5.91 Å². The number of amides is 1. The van der Waals surface area contributed by atoms with E-state index in [1.54, 1.807) is 4.31 Å². The van der Waals surface area contributed by atoms with E-state index in [-0.39, 0.29) is 11.9 Å². The van der Waals surface area contributed by atoms with Crippen molar-refractivity contribution in [2.45, 2.75) is 52.5 Å². The molecule has 0 unspecified atom stereocenters. The van der Waals surface area contributed by atoms with Crippen molar-refractivity contribution in [3.05, 3.63) is 28.8 Å². The maximum atomic E-state index is 13.1. The number of rotatable bonds is 6. The zero-order valence-corrected chi connectivity index (χ0v) is 18.2. The number of carbonyl (C=O) groups excluding carboxylic acids is 1. The molecule has 27 heavy (non-hydrogen) atoms. The van der Waals surface area contributed by atoms with E-state index in [0.717, 1.165) is 21.6 Å². The number of sulfonamides is 1. The largest absolute Gasteiger partial charge is 0.348 e. The minimum atomic E-state index is -3.50. The van der Waals surface area contributed by atoms with Gasteiger partial charge in [0.2, 0.25) is 10.0 Å². The fourth-order valence-electron chi connectivity index (χ4n) is 3.62. The highest BCUT2D eigenvalue weighted by atomic mass is 32.2. The summed E-state index contributed by atoms with van der Waals surface area (Å²) < 4.78 is 27.8. The van der Waals surface area contributed by atoms with E-state index in [0.29, 0.717) is 43.5 Å². The zero-order valence-electron chi connectivity index (χ0n) is 17.4. The lowest BCUT2D eigenvalue weighted by Crippen LogP contribution is -3.15. The number of hydrogen-bond donors (Lipinski definition) is 2. The van der Waals surface area contributed by atoms with Crippen LogP contribution >= 0.6 is 0 Å². The Hall–Kier alpha value is -1.44. The van der Waals surface area contributed by atoms with Gasteiger partial charge in [-0.25, -0.2) is 8.42 Å². The van der Waals surface area contributed by atoms with Crippen molar-refractivity contribution in [3.63, 3.8) is 0 Å². The topological polar surface area (TPSA) is 70.9 Å². The number of piperazine rings is 1. The van der Waals surface area contributed by atoms with Crippen molar-refractivity contribution in [3.8, 4) is 0 Å². The smallest absolute Gasteiger partial charge is 0.275 e. The van der Waals surface area contributed by atoms with Gasteiger partial charge in [-0.2, -0.15) is 4.31 Å². The van der Waals surface area contributed by atoms with Gasteiger partial charge < -0.3 is 10.2 Å². The van der Waals surface area contributed by atoms with Gasteiger partial charge in [0.05, 0.1) is 31.1 Å². The van der Waals surface area contributed by atoms with Crippen LogP contribution in [0.4, 0.5) is 0 Å². The van der Waals surface area contributed by atoms with Gasteiger partial charge in [0.1, 0.15) is 0 Å². The molecule has 0 saturated carbocycles. The Labute approximate surface area is 164 Å². The number of benzene rings is 1. The van der Waals surface area contributed by atoms with Crippen LogP contribution in [0.3, 0.4) is 0 Å². The fraction of sp³-hybridized carbons (Fsp3) is 0.650. The molecule has 1 fully saturated rings. The molecule has 1 aliphatic heterocycles. The van der Waals surface area contributed by atoms with Gasteiger partial charge in [-0.05, 0) is 44.7 Å². The first-order valence-electron chi connectivity index (χ1n) is 9.73. The van der Waals surface area contributed by atoms with Gasteiger partial charge in [-0.3, -0.25) is 4.79 Å². The van der Waals surface area contributed by atoms with E-state index >= 15 is 0 Å². The maximum absolute atomic E-state index is 13.1. The second-order valence-corrected chi connectivity index (χ2v) is 10.0. The number of nitrogens with one attached hydrogen (secondary N) is 2. The van der Waals surface area contributed by atoms with E-state index in [9.17, 15) is 13.2 Å². The summed E-state index contributed by atoms with van der Waals surface area (Å²) >= 11 is 0. The maximum Gasteiger partial charge on any atom is 0.275 e. The standard InChI is InChI=1S/C20H33N3O3S/c1-14(2)18(6)21-19(24)13-22-7-9-23(10-8-22)27(25,26)20-16(4)11-15(3)12-17(20)5/h11-12,14,18H,7-10,13H2,1-6H3,(H,21,24)/p+1/t18-/m0/s1. The number of quaternary nitrogens is 1. The number of nitrogens with zero attached hydrogens (tertiary/aromatic N) is 1. The third-order valence-electron chi connectivity index (χ3n) is 5.43. The van der Waals surface area contributed by atoms with E-state index in [2.05, 4.69) is 19.2 Å². The van der Waals surface area contributed by atoms with Crippen LogP contribution in [0.5, 0.6) is 0 Å². The summed E-state index contributed by atoms with van der Waals surface area (Å²) in [6, 6.07) is 3.98. The molecule has 0 spiro atoms. The molecule has 6 nitrogen and oxygen atoms in total. The highest BCUT2D eigenvalue weighted by Crippen LogP contribution is 2.25. The predicted molar refractivity (Wildman–Crippen MR) is 107 cm³/mol. The van der Waals surface area contributed by atoms with Crippen molar-refractivity contribution < 1.29 is 18.1 Å². The molecule has 0 radical (unpaired) electrons. The molecule has 1 aromatic rings. The van der Waals surface area contributed by atoms with Gasteiger partial charge in [-0.15, -0.1) is 0 Å². The Morgan fingerprint density at radius 1 is 1.11 bits per heavy atom. The average Bonchev–Trinajstić information content (AvgIpc) is 2.53. The van der Waals surface area contributed by atoms with E-state index in [1.165, 1.54) is 0 Å². The second-order valence-electron chi connectivity index (χ2n) is 8.16. The zero-order chi connectivity index (χ0) is 20.4. The molecule has 1 amide bonds. The first kappa shape index (κ1) is 21.9. The van der Waals surface area contributed by atoms with Gasteiger partial charge in [0.15, 0.2) is 6.54 Å². The molecule has 1 aromatic carbocycles. The van der Waals surface area contributed by atoms with Gasteiger partial charge in [0, 0.05) is 6.04 Å². The number of carbonyl (C=O) groups is 1. The lowest BCUT2D eigenvalue weighted by molar-refractivity contribution is -0.895. The molecule has 0 aliphatic carbocycles. The Balaban J connectivity index is 2.00. The molecule has 0 bridgehead atoms. The molecule has 2 N–H and O–H groups in total. The van der Waals surface area contributed by atoms with Gasteiger partial charge in [-0.1, -0.05) is 31.5 Å². The van der Waals surface area contributed by atoms with E-state index in [4.69, 9.17) is 0 Å². The summed E-state index contributed by atoms with van der Waals surface area (Å²) in [5.74, 6) is 0.430. The average molecular weight is 397 g/mol. The molecule has 1 aliphatic rings. The van der Waals surface area contributed by atoms with Crippen LogP contribution in [0.15, 0.2) is 17.0 Å². The number of hydrogen-bond acceptors (Lipinski definition) is 3. The van der Waals surface area contributed by atoms with Crippen LogP contribution in [0, 0.1) is 26.7 Å². The highest BCUT2D eigenvalue weighted by molar-refractivity contribution is 7.89. The minimum absolute atomic E-state index is 0.0349. The molecular formula is C20H34N3O3S+. The molecule has 2 rings (SSSR count). The van der Waals surface area contributed by atoms with Crippen LogP contribution in [-0.2, 0) is 14.8 Å². The summed E-state index contributed by atoms with van der Waals surface area (Å²) in [4.78, 5) is 13.7. The van der Waals surface area contributed by atoms with Crippen molar-refractivity contribution >= 4 is 15.9 Å². The van der Waals surface area contributed by atoms with Gasteiger partial charge >= 0.3 is 0 Å². The van der Waals surface area contributed by atoms with Crippen LogP contribution in [-0.4, -0.2) is 57.4 Å². The van der Waals surface area contributed by atoms with Crippen LogP contribution in [0.2, 0.25) is 0 Å². The summed E-state index contributed by atoms with van der Waals surface area (Å²) in [6.07, 6.45) is 0. The lowest BCUT2D eigenvalue weighted by atomic mass is 10.1. The van der Waals surface area contributed by atoms with Crippen LogP contribution in [0.1, 0.15) is 37.5 Å². The normalized spacial score (nSPS) is 17.9. The fourth-order valence-corrected chi connectivity index (χ4v) is 5.47. The molecule has 1 atom stereocenters. The molecule has 152 valence electrons. The summed E-state index contributed by atoms with van der Waals surface area (Å²) in [7, 11) is -3.50. The monoisotopic (exact) mass is 396 g/mol. The van der Waals surface area contributed by atoms with Crippen molar-refractivity contribution in [1.29, 1.82) is 0 Å². The van der Waals surface area contributed by atoms with Crippen LogP contribution < -0.4 is 10.2 Å². The van der Waals surface area contributed by atoms with E-state index < -0.39 is 10.0 Å². The predicted octanol–water partition coefficient (Wildman–Crippen LogP) is 0.662. The Morgan fingerprint density at radius 3 is 2.11 bits per heavy atom. The molecule has 1 saturated heterocycles. The Morgan fingerprint density at radius 2 is 1.63 bits per heavy atom. The van der Waals surface area contributed by atoms with Crippen LogP contribution in [0.25, 0.3) is 0 Å². The summed E-state index contributed by atoms with van der Waals surface area (Å²) in [6.45, 7) is 14.4. The summed E-state index contributed by atoms with van der Waals surface area (Å²) in [5.41, 5.74) is 2.66. The van der Waals surface area contributed by atoms with Crippen molar-refractivity contribution in [1.82, 2.24) is 9.62 Å². The second kappa shape index (κ2) is 8.71. The molecule has 0 aromatic heterocycles. The third-order valence-corrected chi connectivity index (χ3v) is 7.64. The molecule has 7 heteroatoms. The van der Waals surface area contributed by atoms with E-state index in [1.807, 2.05) is 39.8 Å². The van der Waals surface area contributed by atoms with Crippen molar-refractivity contribution in [2.24, 2.45) is 5.92 Å². The third kappa shape index (κ3) is 5.30. The number of aryl methyl sites for hydroxylation is 3. The Bertz CT molecular complexity index is 759. The highest BCUT2D eigenvalue weighted by Gasteiger charge is 2.33. The SMILES string of the molecule is Cc1cc(C)c(S(=O)(=O)N2CC[NH+](CC(=O)N[C@@H](C)C(C)C)CC2)c(C)c1. The first-order chi connectivity index (χ1) is 12.5.